The number of likely N-dealkylation sites (N-methyl/N-ethyl adjacent to an activating group) is 1. The summed E-state index contributed by atoms with van der Waals surface area (Å²) in [5.41, 5.74) is 0.728. The lowest BCUT2D eigenvalue weighted by molar-refractivity contribution is -0.0444. The van der Waals surface area contributed by atoms with Crippen molar-refractivity contribution in [1.82, 2.24) is 13.9 Å². The Balaban J connectivity index is 2.08. The van der Waals surface area contributed by atoms with E-state index in [2.05, 4.69) is 4.72 Å². The summed E-state index contributed by atoms with van der Waals surface area (Å²) >= 11 is 0. The number of ether oxygens (including phenoxy) is 1. The van der Waals surface area contributed by atoms with Crippen molar-refractivity contribution < 1.29 is 17.5 Å². The molecule has 1 fully saturated rings. The zero-order valence-corrected chi connectivity index (χ0v) is 15.4. The van der Waals surface area contributed by atoms with E-state index in [0.29, 0.717) is 13.1 Å². The van der Waals surface area contributed by atoms with E-state index in [1.807, 2.05) is 32.8 Å². The third-order valence-electron chi connectivity index (χ3n) is 4.04. The lowest BCUT2D eigenvalue weighted by atomic mass is 10.1. The Morgan fingerprint density at radius 2 is 1.96 bits per heavy atom. The van der Waals surface area contributed by atoms with E-state index in [1.54, 1.807) is 12.1 Å². The summed E-state index contributed by atoms with van der Waals surface area (Å²) in [6.45, 7) is 4.53. The molecule has 2 rings (SSSR count). The van der Waals surface area contributed by atoms with Gasteiger partial charge in [0, 0.05) is 25.7 Å². The Morgan fingerprint density at radius 1 is 1.33 bits per heavy atom. The van der Waals surface area contributed by atoms with Crippen molar-refractivity contribution in [3.05, 3.63) is 35.6 Å². The monoisotopic (exact) mass is 359 g/mol. The summed E-state index contributed by atoms with van der Waals surface area (Å²) in [6.07, 6.45) is -0.281. The second kappa shape index (κ2) is 7.88. The van der Waals surface area contributed by atoms with Crippen LogP contribution >= 0.6 is 0 Å². The van der Waals surface area contributed by atoms with Crippen LogP contribution in [0.4, 0.5) is 4.39 Å². The van der Waals surface area contributed by atoms with Gasteiger partial charge in [0.15, 0.2) is 0 Å². The van der Waals surface area contributed by atoms with Gasteiger partial charge in [0.25, 0.3) is 10.2 Å². The van der Waals surface area contributed by atoms with E-state index >= 15 is 0 Å². The van der Waals surface area contributed by atoms with Crippen molar-refractivity contribution in [2.75, 3.05) is 33.7 Å². The highest BCUT2D eigenvalue weighted by Crippen LogP contribution is 2.19. The maximum absolute atomic E-state index is 13.5. The summed E-state index contributed by atoms with van der Waals surface area (Å²) in [7, 11) is 0.0592. The summed E-state index contributed by atoms with van der Waals surface area (Å²) in [5.74, 6) is -0.335. The van der Waals surface area contributed by atoms with Crippen LogP contribution in [0.3, 0.4) is 0 Å². The van der Waals surface area contributed by atoms with Crippen molar-refractivity contribution in [3.8, 4) is 0 Å². The van der Waals surface area contributed by atoms with Crippen LogP contribution < -0.4 is 4.72 Å². The number of nitrogens with one attached hydrogen (secondary N) is 1. The average Bonchev–Trinajstić information content (AvgIpc) is 2.46. The standard InChI is InChI=1S/C16H26FN3O3S/c1-12-10-20(11-13(2)23-12)24(21,22)18-9-16(19(3)4)14-6-5-7-15(17)8-14/h5-8,12-13,16,18H,9-11H2,1-4H3. The van der Waals surface area contributed by atoms with Crippen molar-refractivity contribution >= 4 is 10.2 Å². The van der Waals surface area contributed by atoms with Gasteiger partial charge in [-0.05, 0) is 45.6 Å². The molecule has 3 atom stereocenters. The molecule has 1 aromatic carbocycles. The zero-order valence-electron chi connectivity index (χ0n) is 14.6. The number of nitrogens with zero attached hydrogens (tertiary/aromatic N) is 2. The van der Waals surface area contributed by atoms with Gasteiger partial charge in [0.2, 0.25) is 0 Å². The van der Waals surface area contributed by atoms with E-state index in [9.17, 15) is 12.8 Å². The van der Waals surface area contributed by atoms with Crippen LogP contribution in [0.1, 0.15) is 25.5 Å². The molecule has 0 amide bonds. The number of morpholine rings is 1. The van der Waals surface area contributed by atoms with E-state index in [-0.39, 0.29) is 30.6 Å². The van der Waals surface area contributed by atoms with Gasteiger partial charge in [-0.2, -0.15) is 12.7 Å². The van der Waals surface area contributed by atoms with Crippen LogP contribution in [0.2, 0.25) is 0 Å². The predicted octanol–water partition coefficient (Wildman–Crippen LogP) is 1.37. The second-order valence-corrected chi connectivity index (χ2v) is 8.22. The normalized spacial score (nSPS) is 24.2. The molecule has 0 saturated carbocycles. The number of rotatable bonds is 6. The maximum Gasteiger partial charge on any atom is 0.279 e. The van der Waals surface area contributed by atoms with Crippen LogP contribution in [0.25, 0.3) is 0 Å². The molecule has 1 heterocycles. The van der Waals surface area contributed by atoms with Gasteiger partial charge in [0.05, 0.1) is 12.2 Å². The van der Waals surface area contributed by atoms with E-state index < -0.39 is 10.2 Å². The van der Waals surface area contributed by atoms with Crippen molar-refractivity contribution in [1.29, 1.82) is 0 Å². The summed E-state index contributed by atoms with van der Waals surface area (Å²) in [4.78, 5) is 1.86. The molecule has 1 aromatic rings. The highest BCUT2D eigenvalue weighted by atomic mass is 32.2. The van der Waals surface area contributed by atoms with Gasteiger partial charge in [-0.25, -0.2) is 9.11 Å². The van der Waals surface area contributed by atoms with Crippen LogP contribution in [0.15, 0.2) is 24.3 Å². The average molecular weight is 359 g/mol. The minimum Gasteiger partial charge on any atom is -0.373 e. The van der Waals surface area contributed by atoms with E-state index in [0.717, 1.165) is 5.56 Å². The largest absolute Gasteiger partial charge is 0.373 e. The molecule has 1 saturated heterocycles. The van der Waals surface area contributed by atoms with Gasteiger partial charge in [0.1, 0.15) is 5.82 Å². The maximum atomic E-state index is 13.5. The first kappa shape index (κ1) is 19.3. The minimum atomic E-state index is -3.61. The topological polar surface area (TPSA) is 61.9 Å². The lowest BCUT2D eigenvalue weighted by Gasteiger charge is -2.35. The minimum absolute atomic E-state index is 0.141. The quantitative estimate of drug-likeness (QED) is 0.833. The van der Waals surface area contributed by atoms with E-state index in [1.165, 1.54) is 16.4 Å². The fourth-order valence-corrected chi connectivity index (χ4v) is 4.28. The van der Waals surface area contributed by atoms with Crippen molar-refractivity contribution in [3.63, 3.8) is 0 Å². The number of halogens is 1. The summed E-state index contributed by atoms with van der Waals surface area (Å²) in [5, 5.41) is 0. The fourth-order valence-electron chi connectivity index (χ4n) is 2.91. The first-order chi connectivity index (χ1) is 11.2. The Labute approximate surface area is 143 Å². The first-order valence-electron chi connectivity index (χ1n) is 8.01. The zero-order chi connectivity index (χ0) is 17.9. The Kier molecular flexibility index (Phi) is 6.33. The smallest absolute Gasteiger partial charge is 0.279 e. The molecule has 1 N–H and O–H groups in total. The van der Waals surface area contributed by atoms with Crippen molar-refractivity contribution in [2.24, 2.45) is 0 Å². The molecule has 1 aliphatic rings. The van der Waals surface area contributed by atoms with Crippen molar-refractivity contribution in [2.45, 2.75) is 32.1 Å². The molecule has 3 unspecified atom stereocenters. The SMILES string of the molecule is CC1CN(S(=O)(=O)NCC(c2cccc(F)c2)N(C)C)CC(C)O1. The number of benzene rings is 1. The Morgan fingerprint density at radius 3 is 2.50 bits per heavy atom. The molecule has 0 aromatic heterocycles. The fraction of sp³-hybridized carbons (Fsp3) is 0.625. The molecule has 0 spiro atoms. The molecule has 24 heavy (non-hydrogen) atoms. The molecule has 8 heteroatoms. The van der Waals surface area contributed by atoms with Gasteiger partial charge in [-0.15, -0.1) is 0 Å². The van der Waals surface area contributed by atoms with Crippen LogP contribution in [-0.4, -0.2) is 63.6 Å². The van der Waals surface area contributed by atoms with Gasteiger partial charge >= 0.3 is 0 Å². The Bertz CT molecular complexity index is 644. The molecule has 1 aliphatic heterocycles. The summed E-state index contributed by atoms with van der Waals surface area (Å²) < 4.78 is 48.2. The first-order valence-corrected chi connectivity index (χ1v) is 9.45. The van der Waals surface area contributed by atoms with Crippen LogP contribution in [0, 0.1) is 5.82 Å². The molecule has 0 aliphatic carbocycles. The molecule has 0 bridgehead atoms. The predicted molar refractivity (Wildman–Crippen MR) is 91.3 cm³/mol. The third-order valence-corrected chi connectivity index (χ3v) is 5.55. The molecule has 0 radical (unpaired) electrons. The highest BCUT2D eigenvalue weighted by molar-refractivity contribution is 7.87. The lowest BCUT2D eigenvalue weighted by Crippen LogP contribution is -2.52. The Hall–Kier alpha value is -1.06. The number of hydrogen-bond acceptors (Lipinski definition) is 4. The number of hydrogen-bond donors (Lipinski definition) is 1. The molecular weight excluding hydrogens is 333 g/mol. The van der Waals surface area contributed by atoms with Crippen LogP contribution in [-0.2, 0) is 14.9 Å². The third kappa shape index (κ3) is 4.97. The van der Waals surface area contributed by atoms with E-state index in [4.69, 9.17) is 4.74 Å². The second-order valence-electron chi connectivity index (χ2n) is 6.46. The van der Waals surface area contributed by atoms with Crippen LogP contribution in [0.5, 0.6) is 0 Å². The molecule has 136 valence electrons. The van der Waals surface area contributed by atoms with Gasteiger partial charge < -0.3 is 9.64 Å². The summed E-state index contributed by atoms with van der Waals surface area (Å²) in [6, 6.07) is 5.96. The highest BCUT2D eigenvalue weighted by Gasteiger charge is 2.31. The molecule has 6 nitrogen and oxygen atoms in total. The van der Waals surface area contributed by atoms with Gasteiger partial charge in [-0.1, -0.05) is 12.1 Å². The van der Waals surface area contributed by atoms with Gasteiger partial charge in [-0.3, -0.25) is 0 Å². The molecular formula is C16H26FN3O3S.